The summed E-state index contributed by atoms with van der Waals surface area (Å²) in [5, 5.41) is 0. The molecule has 0 spiro atoms. The summed E-state index contributed by atoms with van der Waals surface area (Å²) in [6.45, 7) is 9.61. The molecule has 2 atom stereocenters. The molecule has 0 N–H and O–H groups in total. The van der Waals surface area contributed by atoms with Crippen molar-refractivity contribution in [1.82, 2.24) is 0 Å². The van der Waals surface area contributed by atoms with Crippen molar-refractivity contribution in [3.8, 4) is 16.9 Å². The van der Waals surface area contributed by atoms with Crippen molar-refractivity contribution in [3.05, 3.63) is 53.1 Å². The molecule has 0 radical (unpaired) electrons. The van der Waals surface area contributed by atoms with Crippen LogP contribution < -0.4 is 4.74 Å². The van der Waals surface area contributed by atoms with Crippen LogP contribution in [0.5, 0.6) is 5.75 Å². The van der Waals surface area contributed by atoms with E-state index < -0.39 is 0 Å². The quantitative estimate of drug-likeness (QED) is 0.485. The van der Waals surface area contributed by atoms with E-state index in [1.807, 2.05) is 0 Å². The van der Waals surface area contributed by atoms with E-state index in [0.717, 1.165) is 37.5 Å². The molecule has 0 aliphatic rings. The maximum Gasteiger partial charge on any atom is 0.123 e. The van der Waals surface area contributed by atoms with Crippen molar-refractivity contribution < 1.29 is 4.74 Å². The van der Waals surface area contributed by atoms with Crippen molar-refractivity contribution in [1.29, 1.82) is 0 Å². The van der Waals surface area contributed by atoms with Crippen LogP contribution in [0.25, 0.3) is 11.1 Å². The highest BCUT2D eigenvalue weighted by Crippen LogP contribution is 2.35. The number of rotatable bonds is 8. The van der Waals surface area contributed by atoms with Crippen molar-refractivity contribution in [3.63, 3.8) is 0 Å². The molecule has 2 rings (SSSR count). The lowest BCUT2D eigenvalue weighted by Gasteiger charge is -2.30. The van der Waals surface area contributed by atoms with Crippen LogP contribution in [0, 0.1) is 19.3 Å². The van der Waals surface area contributed by atoms with Gasteiger partial charge in [0.15, 0.2) is 0 Å². The third kappa shape index (κ3) is 4.84. The SMILES string of the molecule is CCC(CC)(CP)COc1cc(C)c(-c2ccc(C)cc2)cc1CP. The van der Waals surface area contributed by atoms with Gasteiger partial charge in [-0.2, -0.15) is 0 Å². The van der Waals surface area contributed by atoms with Crippen molar-refractivity contribution in [2.45, 2.75) is 46.7 Å². The molecule has 0 aliphatic heterocycles. The fourth-order valence-corrected chi connectivity index (χ4v) is 4.11. The highest BCUT2D eigenvalue weighted by atomic mass is 31.0. The molecule has 1 nitrogen and oxygen atoms in total. The molecule has 0 saturated heterocycles. The zero-order chi connectivity index (χ0) is 18.4. The largest absolute Gasteiger partial charge is 0.493 e. The predicted octanol–water partition coefficient (Wildman–Crippen LogP) is 6.41. The second-order valence-electron chi connectivity index (χ2n) is 7.04. The van der Waals surface area contributed by atoms with E-state index in [0.29, 0.717) is 0 Å². The summed E-state index contributed by atoms with van der Waals surface area (Å²) in [5.74, 6) is 1.04. The molecule has 0 heterocycles. The van der Waals surface area contributed by atoms with E-state index in [2.05, 4.69) is 82.6 Å². The monoisotopic (exact) mass is 374 g/mol. The Kier molecular flexibility index (Phi) is 7.48. The van der Waals surface area contributed by atoms with Crippen LogP contribution in [-0.2, 0) is 6.16 Å². The van der Waals surface area contributed by atoms with Gasteiger partial charge in [-0.15, -0.1) is 18.5 Å². The first kappa shape index (κ1) is 20.4. The van der Waals surface area contributed by atoms with Gasteiger partial charge in [0.1, 0.15) is 5.75 Å². The average Bonchev–Trinajstić information content (AvgIpc) is 2.64. The van der Waals surface area contributed by atoms with Gasteiger partial charge in [0.05, 0.1) is 6.61 Å². The first-order valence-electron chi connectivity index (χ1n) is 9.22. The Morgan fingerprint density at radius 3 is 2.12 bits per heavy atom. The van der Waals surface area contributed by atoms with Gasteiger partial charge in [-0.25, -0.2) is 0 Å². The molecule has 25 heavy (non-hydrogen) atoms. The van der Waals surface area contributed by atoms with Gasteiger partial charge in [-0.05, 0) is 73.4 Å². The first-order valence-corrected chi connectivity index (χ1v) is 10.9. The number of aryl methyl sites for hydroxylation is 2. The van der Waals surface area contributed by atoms with E-state index in [1.54, 1.807) is 0 Å². The Bertz CT molecular complexity index is 680. The first-order chi connectivity index (χ1) is 12.0. The predicted molar refractivity (Wildman–Crippen MR) is 118 cm³/mol. The lowest BCUT2D eigenvalue weighted by molar-refractivity contribution is 0.155. The molecular formula is C22H32OP2. The Balaban J connectivity index is 2.31. The number of hydrogen-bond acceptors (Lipinski definition) is 1. The Morgan fingerprint density at radius 1 is 0.960 bits per heavy atom. The molecular weight excluding hydrogens is 342 g/mol. The minimum Gasteiger partial charge on any atom is -0.493 e. The van der Waals surface area contributed by atoms with Crippen LogP contribution in [0.4, 0.5) is 0 Å². The zero-order valence-electron chi connectivity index (χ0n) is 16.1. The van der Waals surface area contributed by atoms with E-state index in [-0.39, 0.29) is 5.41 Å². The molecule has 0 fully saturated rings. The molecule has 0 bridgehead atoms. The van der Waals surface area contributed by atoms with Gasteiger partial charge >= 0.3 is 0 Å². The van der Waals surface area contributed by atoms with E-state index in [4.69, 9.17) is 4.74 Å². The summed E-state index contributed by atoms with van der Waals surface area (Å²) in [6.07, 6.45) is 4.27. The number of benzene rings is 2. The average molecular weight is 374 g/mol. The van der Waals surface area contributed by atoms with Crippen molar-refractivity contribution in [2.24, 2.45) is 5.41 Å². The highest BCUT2D eigenvalue weighted by molar-refractivity contribution is 7.16. The molecule has 2 aromatic rings. The molecule has 0 amide bonds. The zero-order valence-corrected chi connectivity index (χ0v) is 18.4. The summed E-state index contributed by atoms with van der Waals surface area (Å²) in [4.78, 5) is 0. The summed E-state index contributed by atoms with van der Waals surface area (Å²) in [7, 11) is 5.74. The lowest BCUT2D eigenvalue weighted by Crippen LogP contribution is -2.29. The Morgan fingerprint density at radius 2 is 1.60 bits per heavy atom. The minimum absolute atomic E-state index is 0.256. The maximum absolute atomic E-state index is 6.33. The third-order valence-electron chi connectivity index (χ3n) is 5.46. The van der Waals surface area contributed by atoms with Crippen LogP contribution in [0.1, 0.15) is 43.4 Å². The highest BCUT2D eigenvalue weighted by Gasteiger charge is 2.25. The van der Waals surface area contributed by atoms with Crippen molar-refractivity contribution >= 4 is 18.5 Å². The van der Waals surface area contributed by atoms with Crippen molar-refractivity contribution in [2.75, 3.05) is 12.8 Å². The fourth-order valence-electron chi connectivity index (χ4n) is 3.10. The summed E-state index contributed by atoms with van der Waals surface area (Å²) in [6, 6.07) is 13.3. The van der Waals surface area contributed by atoms with Gasteiger partial charge in [0.25, 0.3) is 0 Å². The standard InChI is InChI=1S/C22H32OP2/c1-5-22(6-2,15-25)14-23-21-11-17(4)20(12-19(21)13-24)18-9-7-16(3)8-10-18/h7-12H,5-6,13-15,24-25H2,1-4H3. The van der Waals surface area contributed by atoms with Crippen LogP contribution in [0.15, 0.2) is 36.4 Å². The second-order valence-corrected chi connectivity index (χ2v) is 7.86. The van der Waals surface area contributed by atoms with Crippen LogP contribution in [0.2, 0.25) is 0 Å². The number of ether oxygens (including phenoxy) is 1. The van der Waals surface area contributed by atoms with E-state index in [1.165, 1.54) is 27.8 Å². The molecule has 3 heteroatoms. The van der Waals surface area contributed by atoms with Crippen LogP contribution >= 0.6 is 18.5 Å². The van der Waals surface area contributed by atoms with Gasteiger partial charge in [-0.1, -0.05) is 43.7 Å². The van der Waals surface area contributed by atoms with E-state index >= 15 is 0 Å². The van der Waals surface area contributed by atoms with Crippen LogP contribution in [-0.4, -0.2) is 12.8 Å². The van der Waals surface area contributed by atoms with Gasteiger partial charge < -0.3 is 4.74 Å². The van der Waals surface area contributed by atoms with Crippen LogP contribution in [0.3, 0.4) is 0 Å². The Labute approximate surface area is 158 Å². The maximum atomic E-state index is 6.33. The van der Waals surface area contributed by atoms with Gasteiger partial charge in [0.2, 0.25) is 0 Å². The molecule has 2 unspecified atom stereocenters. The number of hydrogen-bond donors (Lipinski definition) is 0. The van der Waals surface area contributed by atoms with Gasteiger partial charge in [-0.3, -0.25) is 0 Å². The molecule has 136 valence electrons. The molecule has 2 aromatic carbocycles. The third-order valence-corrected chi connectivity index (χ3v) is 6.76. The topological polar surface area (TPSA) is 9.23 Å². The van der Waals surface area contributed by atoms with E-state index in [9.17, 15) is 0 Å². The molecule has 0 aromatic heterocycles. The normalized spacial score (nSPS) is 11.6. The molecule has 0 aliphatic carbocycles. The summed E-state index contributed by atoms with van der Waals surface area (Å²) < 4.78 is 6.33. The summed E-state index contributed by atoms with van der Waals surface area (Å²) >= 11 is 0. The smallest absolute Gasteiger partial charge is 0.123 e. The fraction of sp³-hybridized carbons (Fsp3) is 0.455. The molecule has 0 saturated carbocycles. The second kappa shape index (κ2) is 9.16. The lowest BCUT2D eigenvalue weighted by atomic mass is 9.85. The minimum atomic E-state index is 0.256. The summed E-state index contributed by atoms with van der Waals surface area (Å²) in [5.41, 5.74) is 6.65. The Hall–Kier alpha value is -0.900. The van der Waals surface area contributed by atoms with Gasteiger partial charge in [0, 0.05) is 5.41 Å².